The van der Waals surface area contributed by atoms with Gasteiger partial charge in [-0.1, -0.05) is 41.0 Å². The van der Waals surface area contributed by atoms with E-state index in [2.05, 4.69) is 11.7 Å². The third-order valence-electron chi connectivity index (χ3n) is 2.47. The first-order valence-electron chi connectivity index (χ1n) is 6.06. The summed E-state index contributed by atoms with van der Waals surface area (Å²) in [5.41, 5.74) is 0. The molecule has 1 N–H and O–H groups in total. The van der Waals surface area contributed by atoms with Gasteiger partial charge in [0.2, 0.25) is 0 Å². The van der Waals surface area contributed by atoms with Crippen molar-refractivity contribution in [2.75, 3.05) is 13.2 Å². The largest absolute Gasteiger partial charge is 0.494 e. The highest BCUT2D eigenvalue weighted by atomic mass is 35.5. The minimum absolute atomic E-state index is 0.193. The summed E-state index contributed by atoms with van der Waals surface area (Å²) in [6.07, 6.45) is 3.01. The lowest BCUT2D eigenvalue weighted by Gasteiger charge is -2.27. The summed E-state index contributed by atoms with van der Waals surface area (Å²) in [5.74, 6) is 0.749. The van der Waals surface area contributed by atoms with Gasteiger partial charge in [0.25, 0.3) is 0 Å². The van der Waals surface area contributed by atoms with Crippen LogP contribution >= 0.6 is 23.2 Å². The van der Waals surface area contributed by atoms with Gasteiger partial charge in [0.05, 0.1) is 24.8 Å². The molecule has 0 saturated carbocycles. The zero-order valence-electron chi connectivity index (χ0n) is 10.9. The van der Waals surface area contributed by atoms with Gasteiger partial charge in [-0.25, -0.2) is 0 Å². The van der Waals surface area contributed by atoms with Crippen molar-refractivity contribution in [2.45, 2.75) is 16.9 Å². The lowest BCUT2D eigenvalue weighted by molar-refractivity contribution is 0.0826. The lowest BCUT2D eigenvalue weighted by atomic mass is 10.2. The first kappa shape index (κ1) is 16.8. The highest BCUT2D eigenvalue weighted by Gasteiger charge is 2.35. The fraction of sp³-hybridized carbons (Fsp3) is 0.357. The van der Waals surface area contributed by atoms with Crippen molar-refractivity contribution in [3.8, 4) is 5.75 Å². The first-order valence-corrected chi connectivity index (χ1v) is 6.88. The van der Waals surface area contributed by atoms with Crippen LogP contribution in [0.25, 0.3) is 0 Å². The van der Waals surface area contributed by atoms with Crippen molar-refractivity contribution < 1.29 is 14.7 Å². The van der Waals surface area contributed by atoms with Gasteiger partial charge in [0.1, 0.15) is 5.75 Å². The maximum atomic E-state index is 8.64. The van der Waals surface area contributed by atoms with Crippen LogP contribution in [0.1, 0.15) is 6.42 Å². The molecule has 0 heterocycles. The predicted octanol–water partition coefficient (Wildman–Crippen LogP) is 3.66. The van der Waals surface area contributed by atoms with Crippen molar-refractivity contribution >= 4 is 29.4 Å². The van der Waals surface area contributed by atoms with Crippen molar-refractivity contribution in [1.29, 1.82) is 0 Å². The summed E-state index contributed by atoms with van der Waals surface area (Å²) < 4.78 is 10.9. The molecule has 0 fully saturated rings. The zero-order valence-corrected chi connectivity index (χ0v) is 12.4. The van der Waals surface area contributed by atoms with E-state index in [4.69, 9.17) is 37.9 Å². The van der Waals surface area contributed by atoms with Crippen molar-refractivity contribution in [2.24, 2.45) is 5.16 Å². The van der Waals surface area contributed by atoms with E-state index in [1.54, 1.807) is 0 Å². The van der Waals surface area contributed by atoms with Crippen LogP contribution in [0.3, 0.4) is 0 Å². The molecule has 0 aliphatic carbocycles. The first-order chi connectivity index (χ1) is 9.62. The smallest absolute Gasteiger partial charge is 0.197 e. The molecule has 4 nitrogen and oxygen atoms in total. The van der Waals surface area contributed by atoms with E-state index >= 15 is 0 Å². The Labute approximate surface area is 128 Å². The molecule has 0 saturated heterocycles. The van der Waals surface area contributed by atoms with Crippen LogP contribution < -0.4 is 4.74 Å². The number of rotatable bonds is 9. The number of halogens is 2. The highest BCUT2D eigenvalue weighted by Crippen LogP contribution is 2.27. The molecule has 0 amide bonds. The molecule has 0 spiro atoms. The Balaban J connectivity index is 2.49. The number of hydrogen-bond donors (Lipinski definition) is 1. The van der Waals surface area contributed by atoms with Gasteiger partial charge >= 0.3 is 0 Å². The number of oxime groups is 1. The summed E-state index contributed by atoms with van der Waals surface area (Å²) in [6.45, 7) is 4.08. The molecule has 0 aliphatic rings. The summed E-state index contributed by atoms with van der Waals surface area (Å²) in [4.78, 5) is 0. The van der Waals surface area contributed by atoms with Crippen LogP contribution in [-0.4, -0.2) is 35.1 Å². The molecule has 0 radical (unpaired) electrons. The summed E-state index contributed by atoms with van der Waals surface area (Å²) >= 11 is 12.4. The third-order valence-corrected chi connectivity index (χ3v) is 3.59. The zero-order chi connectivity index (χ0) is 14.8. The maximum Gasteiger partial charge on any atom is 0.197 e. The number of hydrogen-bond acceptors (Lipinski definition) is 4. The molecule has 0 bridgehead atoms. The fourth-order valence-corrected chi connectivity index (χ4v) is 1.89. The van der Waals surface area contributed by atoms with Crippen LogP contribution in [-0.2, 0) is 4.74 Å². The summed E-state index contributed by atoms with van der Waals surface area (Å²) in [6, 6.07) is 9.36. The minimum atomic E-state index is -1.40. The molecule has 1 rings (SSSR count). The van der Waals surface area contributed by atoms with E-state index in [-0.39, 0.29) is 6.61 Å². The van der Waals surface area contributed by atoms with Crippen LogP contribution in [0.4, 0.5) is 0 Å². The SMILES string of the molecule is C=CCOC(Cl)(C=NO)C(Cl)CCOc1ccccc1. The highest BCUT2D eigenvalue weighted by molar-refractivity contribution is 6.37. The topological polar surface area (TPSA) is 51.0 Å². The van der Waals surface area contributed by atoms with Gasteiger partial charge in [-0.15, -0.1) is 18.2 Å². The van der Waals surface area contributed by atoms with Crippen LogP contribution in [0.15, 0.2) is 48.1 Å². The molecule has 2 unspecified atom stereocenters. The van der Waals surface area contributed by atoms with E-state index < -0.39 is 10.4 Å². The van der Waals surface area contributed by atoms with Crippen LogP contribution in [0, 0.1) is 0 Å². The lowest BCUT2D eigenvalue weighted by Crippen LogP contribution is -2.39. The number of para-hydroxylation sites is 1. The van der Waals surface area contributed by atoms with Gasteiger partial charge in [-0.2, -0.15) is 0 Å². The standard InChI is InChI=1S/C14H17Cl2NO3/c1-2-9-20-14(16,11-17-18)13(15)8-10-19-12-6-4-3-5-7-12/h2-7,11,13,18H,1,8-10H2. The monoisotopic (exact) mass is 317 g/mol. The molecular weight excluding hydrogens is 301 g/mol. The number of benzene rings is 1. The minimum Gasteiger partial charge on any atom is -0.494 e. The van der Waals surface area contributed by atoms with Gasteiger partial charge in [0, 0.05) is 6.42 Å². The van der Waals surface area contributed by atoms with E-state index in [9.17, 15) is 0 Å². The van der Waals surface area contributed by atoms with Gasteiger partial charge < -0.3 is 14.7 Å². The normalized spacial score (nSPS) is 15.7. The van der Waals surface area contributed by atoms with Gasteiger partial charge in [-0.05, 0) is 12.1 Å². The Kier molecular flexibility index (Phi) is 7.44. The van der Waals surface area contributed by atoms with E-state index in [0.29, 0.717) is 13.0 Å². The molecule has 20 heavy (non-hydrogen) atoms. The second-order valence-electron chi connectivity index (χ2n) is 3.96. The van der Waals surface area contributed by atoms with Crippen molar-refractivity contribution in [3.05, 3.63) is 43.0 Å². The Morgan fingerprint density at radius 1 is 1.40 bits per heavy atom. The molecule has 2 atom stereocenters. The average molecular weight is 318 g/mol. The van der Waals surface area contributed by atoms with E-state index in [1.807, 2.05) is 30.3 Å². The molecule has 0 aromatic heterocycles. The van der Waals surface area contributed by atoms with Gasteiger partial charge in [0.15, 0.2) is 5.06 Å². The molecule has 6 heteroatoms. The Morgan fingerprint density at radius 3 is 2.70 bits per heavy atom. The molecular formula is C14H17Cl2NO3. The summed E-state index contributed by atoms with van der Waals surface area (Å²) in [7, 11) is 0. The number of ether oxygens (including phenoxy) is 2. The number of nitrogens with zero attached hydrogens (tertiary/aromatic N) is 1. The molecule has 1 aromatic carbocycles. The Morgan fingerprint density at radius 2 is 2.10 bits per heavy atom. The third kappa shape index (κ3) is 5.41. The maximum absolute atomic E-state index is 8.64. The second kappa shape index (κ2) is 8.84. The molecule has 0 aliphatic heterocycles. The number of alkyl halides is 2. The fourth-order valence-electron chi connectivity index (χ4n) is 1.47. The summed E-state index contributed by atoms with van der Waals surface area (Å²) in [5, 5.41) is 9.53. The van der Waals surface area contributed by atoms with Gasteiger partial charge in [-0.3, -0.25) is 0 Å². The molecule has 110 valence electrons. The van der Waals surface area contributed by atoms with E-state index in [0.717, 1.165) is 12.0 Å². The van der Waals surface area contributed by atoms with Crippen molar-refractivity contribution in [3.63, 3.8) is 0 Å². The Bertz CT molecular complexity index is 428. The Hall–Kier alpha value is -1.23. The van der Waals surface area contributed by atoms with E-state index in [1.165, 1.54) is 6.08 Å². The predicted molar refractivity (Wildman–Crippen MR) is 81.2 cm³/mol. The average Bonchev–Trinajstić information content (AvgIpc) is 2.46. The quantitative estimate of drug-likeness (QED) is 0.248. The van der Waals surface area contributed by atoms with Crippen LogP contribution in [0.2, 0.25) is 0 Å². The van der Waals surface area contributed by atoms with Crippen molar-refractivity contribution in [1.82, 2.24) is 0 Å². The van der Waals surface area contributed by atoms with Crippen LogP contribution in [0.5, 0.6) is 5.75 Å². The second-order valence-corrected chi connectivity index (χ2v) is 5.08. The molecule has 1 aromatic rings.